The number of rotatable bonds is 11. The van der Waals surface area contributed by atoms with Crippen molar-refractivity contribution in [2.24, 2.45) is 0 Å². The lowest BCUT2D eigenvalue weighted by Gasteiger charge is -2.21. The monoisotopic (exact) mass is 404 g/mol. The van der Waals surface area contributed by atoms with Gasteiger partial charge in [0.2, 0.25) is 5.91 Å². The van der Waals surface area contributed by atoms with Crippen LogP contribution in [-0.2, 0) is 17.6 Å². The molecule has 2 aromatic heterocycles. The average molecular weight is 405 g/mol. The molecule has 1 unspecified atom stereocenters. The maximum Gasteiger partial charge on any atom is 0.241 e. The normalized spacial score (nSPS) is 11.6. The van der Waals surface area contributed by atoms with E-state index in [2.05, 4.69) is 20.6 Å². The van der Waals surface area contributed by atoms with Crippen LogP contribution < -0.4 is 15.4 Å². The van der Waals surface area contributed by atoms with Crippen LogP contribution in [0.15, 0.2) is 73.3 Å². The van der Waals surface area contributed by atoms with E-state index < -0.39 is 6.04 Å². The minimum Gasteiger partial charge on any atom is -0.494 e. The number of aromatic nitrogens is 2. The number of benzene rings is 1. The van der Waals surface area contributed by atoms with Crippen LogP contribution in [0.5, 0.6) is 5.75 Å². The van der Waals surface area contributed by atoms with E-state index in [1.807, 2.05) is 61.7 Å². The van der Waals surface area contributed by atoms with Crippen LogP contribution in [0.1, 0.15) is 29.7 Å². The van der Waals surface area contributed by atoms with Crippen LogP contribution in [-0.4, -0.2) is 35.6 Å². The number of carbonyl (C=O) groups is 1. The second kappa shape index (κ2) is 11.7. The molecular weight excluding hydrogens is 376 g/mol. The lowest BCUT2D eigenvalue weighted by atomic mass is 10.0. The van der Waals surface area contributed by atoms with Gasteiger partial charge in [-0.25, -0.2) is 0 Å². The summed E-state index contributed by atoms with van der Waals surface area (Å²) in [6, 6.07) is 15.1. The SMILES string of the molecule is CCOc1ccccc1C(NCCc1cccnc1)C(=O)NCCc1ccncc1. The average Bonchev–Trinajstić information content (AvgIpc) is 2.79. The lowest BCUT2D eigenvalue weighted by Crippen LogP contribution is -2.39. The lowest BCUT2D eigenvalue weighted by molar-refractivity contribution is -0.123. The molecule has 6 heteroatoms. The molecule has 6 nitrogen and oxygen atoms in total. The molecule has 0 aliphatic rings. The zero-order chi connectivity index (χ0) is 21.0. The molecule has 30 heavy (non-hydrogen) atoms. The third kappa shape index (κ3) is 6.39. The predicted molar refractivity (Wildman–Crippen MR) is 117 cm³/mol. The highest BCUT2D eigenvalue weighted by Crippen LogP contribution is 2.25. The Morgan fingerprint density at radius 3 is 2.50 bits per heavy atom. The molecule has 156 valence electrons. The van der Waals surface area contributed by atoms with Gasteiger partial charge in [-0.1, -0.05) is 24.3 Å². The first-order valence-electron chi connectivity index (χ1n) is 10.3. The summed E-state index contributed by atoms with van der Waals surface area (Å²) in [5, 5.41) is 6.46. The second-order valence-electron chi connectivity index (χ2n) is 6.87. The summed E-state index contributed by atoms with van der Waals surface area (Å²) in [4.78, 5) is 21.3. The van der Waals surface area contributed by atoms with E-state index in [0.717, 1.165) is 35.3 Å². The van der Waals surface area contributed by atoms with Gasteiger partial charge >= 0.3 is 0 Å². The van der Waals surface area contributed by atoms with Gasteiger partial charge in [0.1, 0.15) is 11.8 Å². The standard InChI is InChI=1S/C24H28N4O2/c1-2-30-22-8-4-3-7-21(22)23(27-16-12-20-6-5-13-26-18-20)24(29)28-17-11-19-9-14-25-15-10-19/h3-10,13-15,18,23,27H,2,11-12,16-17H2,1H3,(H,28,29). The Morgan fingerprint density at radius 2 is 1.73 bits per heavy atom. The molecule has 0 bridgehead atoms. The van der Waals surface area contributed by atoms with E-state index in [9.17, 15) is 4.79 Å². The fourth-order valence-corrected chi connectivity index (χ4v) is 3.24. The summed E-state index contributed by atoms with van der Waals surface area (Å²) < 4.78 is 5.77. The molecule has 3 aromatic rings. The largest absolute Gasteiger partial charge is 0.494 e. The molecule has 1 amide bonds. The van der Waals surface area contributed by atoms with E-state index in [0.29, 0.717) is 19.7 Å². The summed E-state index contributed by atoms with van der Waals surface area (Å²) in [5.74, 6) is 0.658. The Bertz CT molecular complexity index is 903. The van der Waals surface area contributed by atoms with Crippen molar-refractivity contribution in [1.29, 1.82) is 0 Å². The molecule has 0 saturated carbocycles. The quantitative estimate of drug-likeness (QED) is 0.514. The number of hydrogen-bond acceptors (Lipinski definition) is 5. The molecule has 0 saturated heterocycles. The van der Waals surface area contributed by atoms with Crippen molar-refractivity contribution in [2.45, 2.75) is 25.8 Å². The zero-order valence-electron chi connectivity index (χ0n) is 17.3. The van der Waals surface area contributed by atoms with Gasteiger partial charge in [-0.2, -0.15) is 0 Å². The summed E-state index contributed by atoms with van der Waals surface area (Å²) in [7, 11) is 0. The fraction of sp³-hybridized carbons (Fsp3) is 0.292. The van der Waals surface area contributed by atoms with Gasteiger partial charge in [0.25, 0.3) is 0 Å². The van der Waals surface area contributed by atoms with Crippen molar-refractivity contribution < 1.29 is 9.53 Å². The molecule has 0 fully saturated rings. The molecule has 1 atom stereocenters. The second-order valence-corrected chi connectivity index (χ2v) is 6.87. The van der Waals surface area contributed by atoms with Crippen LogP contribution in [0.25, 0.3) is 0 Å². The number of nitrogens with one attached hydrogen (secondary N) is 2. The summed E-state index contributed by atoms with van der Waals surface area (Å²) in [6.45, 7) is 3.69. The smallest absolute Gasteiger partial charge is 0.241 e. The van der Waals surface area contributed by atoms with Gasteiger partial charge in [0.05, 0.1) is 6.61 Å². The zero-order valence-corrected chi connectivity index (χ0v) is 17.3. The van der Waals surface area contributed by atoms with Crippen molar-refractivity contribution in [1.82, 2.24) is 20.6 Å². The van der Waals surface area contributed by atoms with Gasteiger partial charge in [0.15, 0.2) is 0 Å². The van der Waals surface area contributed by atoms with Gasteiger partial charge in [-0.15, -0.1) is 0 Å². The Balaban J connectivity index is 1.67. The Labute approximate surface area is 177 Å². The van der Waals surface area contributed by atoms with E-state index in [-0.39, 0.29) is 5.91 Å². The predicted octanol–water partition coefficient (Wildman–Crippen LogP) is 3.11. The van der Waals surface area contributed by atoms with Crippen molar-refractivity contribution in [2.75, 3.05) is 19.7 Å². The first kappa shape index (κ1) is 21.5. The third-order valence-corrected chi connectivity index (χ3v) is 4.74. The maximum absolute atomic E-state index is 13.1. The highest BCUT2D eigenvalue weighted by molar-refractivity contribution is 5.84. The summed E-state index contributed by atoms with van der Waals surface area (Å²) in [5.41, 5.74) is 3.10. The minimum absolute atomic E-state index is 0.0672. The molecule has 2 heterocycles. The van der Waals surface area contributed by atoms with Crippen LogP contribution in [0, 0.1) is 0 Å². The first-order valence-corrected chi connectivity index (χ1v) is 10.3. The van der Waals surface area contributed by atoms with Crippen LogP contribution in [0.4, 0.5) is 0 Å². The minimum atomic E-state index is -0.498. The Kier molecular flexibility index (Phi) is 8.35. The highest BCUT2D eigenvalue weighted by Gasteiger charge is 2.23. The maximum atomic E-state index is 13.1. The summed E-state index contributed by atoms with van der Waals surface area (Å²) in [6.07, 6.45) is 8.67. The Morgan fingerprint density at radius 1 is 0.933 bits per heavy atom. The molecule has 0 aliphatic heterocycles. The molecule has 1 aromatic carbocycles. The number of hydrogen-bond donors (Lipinski definition) is 2. The molecule has 0 aliphatic carbocycles. The number of ether oxygens (including phenoxy) is 1. The van der Waals surface area contributed by atoms with Gasteiger partial charge in [-0.05, 0) is 55.2 Å². The number of carbonyl (C=O) groups excluding carboxylic acids is 1. The fourth-order valence-electron chi connectivity index (χ4n) is 3.24. The van der Waals surface area contributed by atoms with Gasteiger partial charge < -0.3 is 15.4 Å². The van der Waals surface area contributed by atoms with Crippen molar-refractivity contribution in [3.8, 4) is 5.75 Å². The Hall–Kier alpha value is -3.25. The van der Waals surface area contributed by atoms with Crippen LogP contribution >= 0.6 is 0 Å². The van der Waals surface area contributed by atoms with Gasteiger partial charge in [0, 0.05) is 43.4 Å². The van der Waals surface area contributed by atoms with Gasteiger partial charge in [-0.3, -0.25) is 14.8 Å². The molecule has 0 spiro atoms. The molecule has 2 N–H and O–H groups in total. The van der Waals surface area contributed by atoms with E-state index in [1.54, 1.807) is 18.6 Å². The van der Waals surface area contributed by atoms with E-state index >= 15 is 0 Å². The van der Waals surface area contributed by atoms with Crippen LogP contribution in [0.3, 0.4) is 0 Å². The number of pyridine rings is 2. The number of nitrogens with zero attached hydrogens (tertiary/aromatic N) is 2. The van der Waals surface area contributed by atoms with Crippen molar-refractivity contribution in [3.63, 3.8) is 0 Å². The topological polar surface area (TPSA) is 76.1 Å². The summed E-state index contributed by atoms with van der Waals surface area (Å²) >= 11 is 0. The van der Waals surface area contributed by atoms with Crippen molar-refractivity contribution in [3.05, 3.63) is 90.0 Å². The number of amides is 1. The van der Waals surface area contributed by atoms with E-state index in [4.69, 9.17) is 4.74 Å². The third-order valence-electron chi connectivity index (χ3n) is 4.74. The first-order chi connectivity index (χ1) is 14.8. The number of para-hydroxylation sites is 1. The molecular formula is C24H28N4O2. The highest BCUT2D eigenvalue weighted by atomic mass is 16.5. The van der Waals surface area contributed by atoms with Crippen molar-refractivity contribution >= 4 is 5.91 Å². The molecule has 3 rings (SSSR count). The van der Waals surface area contributed by atoms with E-state index in [1.165, 1.54) is 0 Å². The van der Waals surface area contributed by atoms with Crippen LogP contribution in [0.2, 0.25) is 0 Å². The molecule has 0 radical (unpaired) electrons.